The van der Waals surface area contributed by atoms with Crippen LogP contribution in [0.15, 0.2) is 60.7 Å². The summed E-state index contributed by atoms with van der Waals surface area (Å²) in [6.45, 7) is 3.69. The first-order valence-electron chi connectivity index (χ1n) is 13.7. The summed E-state index contributed by atoms with van der Waals surface area (Å²) >= 11 is 0. The summed E-state index contributed by atoms with van der Waals surface area (Å²) < 4.78 is 38.6. The first kappa shape index (κ1) is 32.8. The Hall–Kier alpha value is -3.70. The Balaban J connectivity index is 1.49. The molecule has 13 heteroatoms. The quantitative estimate of drug-likeness (QED) is 0.130. The summed E-state index contributed by atoms with van der Waals surface area (Å²) in [5, 5.41) is 5.60. The van der Waals surface area contributed by atoms with E-state index in [1.165, 1.54) is 0 Å². The lowest BCUT2D eigenvalue weighted by atomic mass is 10.1. The second kappa shape index (κ2) is 17.3. The van der Waals surface area contributed by atoms with Gasteiger partial charge < -0.3 is 24.8 Å². The normalized spacial score (nSPS) is 16.9. The standard InChI is InChI=1S/C29H35N2O10P/c1-20(31-29(35)37-19-22-10-5-3-6-11-22)15-16-25(28(34)40-27(33)24-14-9-17-30-24)41-42(36)38-18-21(2)39-26(32)23-12-7-4-8-13-23/h3-8,10-13,20-21,24-25,30H,9,14-19H2,1-2H3/p+1/t20?,21?,24-,25?/m0/s1. The van der Waals surface area contributed by atoms with Crippen LogP contribution in [0.3, 0.4) is 0 Å². The monoisotopic (exact) mass is 603 g/mol. The molecule has 2 aromatic rings. The molecule has 2 N–H and O–H groups in total. The SMILES string of the molecule is CC(CCC(O[P+](=O)OCC(C)OC(=O)c1ccccc1)C(=O)OC(=O)[C@@H]1CCCN1)NC(=O)OCc1ccccc1. The topological polar surface area (TPSA) is 156 Å². The number of amides is 1. The van der Waals surface area contributed by atoms with Crippen LogP contribution in [0.2, 0.25) is 0 Å². The minimum absolute atomic E-state index is 0.0483. The Labute approximate surface area is 245 Å². The van der Waals surface area contributed by atoms with Crippen molar-refractivity contribution in [1.82, 2.24) is 10.6 Å². The van der Waals surface area contributed by atoms with E-state index in [-0.39, 0.29) is 26.1 Å². The number of benzene rings is 2. The van der Waals surface area contributed by atoms with Gasteiger partial charge in [-0.05, 0) is 63.8 Å². The predicted molar refractivity (Wildman–Crippen MR) is 150 cm³/mol. The van der Waals surface area contributed by atoms with Gasteiger partial charge in [-0.3, -0.25) is 0 Å². The number of esters is 3. The maximum atomic E-state index is 12.8. The number of ether oxygens (including phenoxy) is 3. The molecule has 5 atom stereocenters. The number of alkyl carbamates (subject to hydrolysis) is 1. The molecule has 1 fully saturated rings. The fourth-order valence-corrected chi connectivity index (χ4v) is 4.73. The molecule has 0 bridgehead atoms. The summed E-state index contributed by atoms with van der Waals surface area (Å²) in [7, 11) is -2.86. The molecule has 226 valence electrons. The van der Waals surface area contributed by atoms with Crippen molar-refractivity contribution in [2.45, 2.75) is 70.4 Å². The summed E-state index contributed by atoms with van der Waals surface area (Å²) in [6, 6.07) is 16.4. The van der Waals surface area contributed by atoms with E-state index >= 15 is 0 Å². The van der Waals surface area contributed by atoms with Crippen molar-refractivity contribution in [3.05, 3.63) is 71.8 Å². The van der Waals surface area contributed by atoms with E-state index in [0.29, 0.717) is 18.5 Å². The molecule has 2 aromatic carbocycles. The maximum absolute atomic E-state index is 12.8. The molecule has 4 unspecified atom stereocenters. The molecule has 0 saturated carbocycles. The van der Waals surface area contributed by atoms with Crippen LogP contribution in [0, 0.1) is 0 Å². The molecular formula is C29H36N2O10P+. The van der Waals surface area contributed by atoms with E-state index in [2.05, 4.69) is 10.6 Å². The van der Waals surface area contributed by atoms with Crippen LogP contribution in [0.1, 0.15) is 55.5 Å². The van der Waals surface area contributed by atoms with Gasteiger partial charge in [0, 0.05) is 10.6 Å². The third-order valence-electron chi connectivity index (χ3n) is 6.19. The van der Waals surface area contributed by atoms with Gasteiger partial charge in [0.2, 0.25) is 6.10 Å². The van der Waals surface area contributed by atoms with Crippen LogP contribution in [-0.2, 0) is 44.0 Å². The van der Waals surface area contributed by atoms with E-state index < -0.39 is 56.5 Å². The Morgan fingerprint density at radius 1 is 1.00 bits per heavy atom. The highest BCUT2D eigenvalue weighted by Crippen LogP contribution is 2.29. The van der Waals surface area contributed by atoms with Crippen molar-refractivity contribution in [1.29, 1.82) is 0 Å². The van der Waals surface area contributed by atoms with Crippen molar-refractivity contribution in [2.24, 2.45) is 0 Å². The predicted octanol–water partition coefficient (Wildman–Crippen LogP) is 4.21. The van der Waals surface area contributed by atoms with Crippen LogP contribution < -0.4 is 10.6 Å². The Bertz CT molecular complexity index is 1190. The molecule has 1 heterocycles. The van der Waals surface area contributed by atoms with Gasteiger partial charge in [0.1, 0.15) is 25.4 Å². The van der Waals surface area contributed by atoms with E-state index in [1.54, 1.807) is 44.2 Å². The van der Waals surface area contributed by atoms with Crippen LogP contribution >= 0.6 is 8.25 Å². The molecular weight excluding hydrogens is 567 g/mol. The molecule has 3 rings (SSSR count). The van der Waals surface area contributed by atoms with Gasteiger partial charge in [0.05, 0.1) is 5.56 Å². The van der Waals surface area contributed by atoms with Crippen molar-refractivity contribution in [3.8, 4) is 0 Å². The van der Waals surface area contributed by atoms with E-state index in [0.717, 1.165) is 12.0 Å². The summed E-state index contributed by atoms with van der Waals surface area (Å²) in [5.41, 5.74) is 1.17. The van der Waals surface area contributed by atoms with Gasteiger partial charge in [-0.25, -0.2) is 19.2 Å². The minimum atomic E-state index is -2.86. The maximum Gasteiger partial charge on any atom is 0.698 e. The largest absolute Gasteiger partial charge is 0.698 e. The van der Waals surface area contributed by atoms with Crippen LogP contribution in [0.5, 0.6) is 0 Å². The Morgan fingerprint density at radius 2 is 1.69 bits per heavy atom. The van der Waals surface area contributed by atoms with Gasteiger partial charge in [0.15, 0.2) is 0 Å². The van der Waals surface area contributed by atoms with Gasteiger partial charge in [-0.2, -0.15) is 0 Å². The zero-order valence-electron chi connectivity index (χ0n) is 23.6. The summed E-state index contributed by atoms with van der Waals surface area (Å²) in [5.74, 6) is -2.35. The van der Waals surface area contributed by atoms with Crippen LogP contribution in [-0.4, -0.2) is 61.4 Å². The number of rotatable bonds is 15. The number of nitrogens with one attached hydrogen (secondary N) is 2. The number of carbonyl (C=O) groups excluding carboxylic acids is 4. The van der Waals surface area contributed by atoms with E-state index in [9.17, 15) is 23.7 Å². The van der Waals surface area contributed by atoms with E-state index in [1.807, 2.05) is 30.3 Å². The fourth-order valence-electron chi connectivity index (χ4n) is 3.93. The van der Waals surface area contributed by atoms with Crippen LogP contribution in [0.4, 0.5) is 4.79 Å². The van der Waals surface area contributed by atoms with Gasteiger partial charge in [0.25, 0.3) is 0 Å². The lowest BCUT2D eigenvalue weighted by Crippen LogP contribution is -2.38. The number of hydrogen-bond donors (Lipinski definition) is 2. The molecule has 42 heavy (non-hydrogen) atoms. The number of carbonyl (C=O) groups is 4. The number of hydrogen-bond acceptors (Lipinski definition) is 11. The van der Waals surface area contributed by atoms with Gasteiger partial charge in [-0.1, -0.05) is 48.5 Å². The smallest absolute Gasteiger partial charge is 0.456 e. The van der Waals surface area contributed by atoms with Gasteiger partial charge >= 0.3 is 32.3 Å². The second-order valence-electron chi connectivity index (χ2n) is 9.77. The first-order chi connectivity index (χ1) is 20.2. The highest BCUT2D eigenvalue weighted by atomic mass is 31.1. The Morgan fingerprint density at radius 3 is 2.36 bits per heavy atom. The average Bonchev–Trinajstić information content (AvgIpc) is 3.53. The lowest BCUT2D eigenvalue weighted by Gasteiger charge is -2.16. The molecule has 1 aliphatic rings. The molecule has 1 amide bonds. The molecule has 0 aliphatic carbocycles. The third-order valence-corrected chi connectivity index (χ3v) is 6.98. The minimum Gasteiger partial charge on any atom is -0.456 e. The van der Waals surface area contributed by atoms with E-state index in [4.69, 9.17) is 23.3 Å². The average molecular weight is 604 g/mol. The molecule has 0 radical (unpaired) electrons. The zero-order valence-corrected chi connectivity index (χ0v) is 24.5. The van der Waals surface area contributed by atoms with Crippen molar-refractivity contribution >= 4 is 32.3 Å². The third kappa shape index (κ3) is 11.7. The first-order valence-corrected chi connectivity index (χ1v) is 14.8. The highest BCUT2D eigenvalue weighted by molar-refractivity contribution is 7.33. The molecule has 1 saturated heterocycles. The summed E-state index contributed by atoms with van der Waals surface area (Å²) in [4.78, 5) is 49.6. The lowest BCUT2D eigenvalue weighted by molar-refractivity contribution is -0.166. The summed E-state index contributed by atoms with van der Waals surface area (Å²) in [6.07, 6.45) is -1.40. The molecule has 1 aliphatic heterocycles. The molecule has 0 spiro atoms. The van der Waals surface area contributed by atoms with Crippen molar-refractivity contribution in [3.63, 3.8) is 0 Å². The second-order valence-corrected chi connectivity index (χ2v) is 10.7. The van der Waals surface area contributed by atoms with Crippen LogP contribution in [0.25, 0.3) is 0 Å². The van der Waals surface area contributed by atoms with Gasteiger partial charge in [-0.15, -0.1) is 9.05 Å². The fraction of sp³-hybridized carbons (Fsp3) is 0.448. The highest BCUT2D eigenvalue weighted by Gasteiger charge is 2.37. The molecule has 12 nitrogen and oxygen atoms in total. The van der Waals surface area contributed by atoms with Crippen molar-refractivity contribution < 1.29 is 47.0 Å². The zero-order chi connectivity index (χ0) is 30.3. The molecule has 0 aromatic heterocycles. The van der Waals surface area contributed by atoms with Crippen molar-refractivity contribution in [2.75, 3.05) is 13.2 Å². The Kier molecular flexibility index (Phi) is 13.5.